The van der Waals surface area contributed by atoms with Crippen LogP contribution in [0.15, 0.2) is 48.5 Å². The lowest BCUT2D eigenvalue weighted by atomic mass is 9.94. The summed E-state index contributed by atoms with van der Waals surface area (Å²) in [6.07, 6.45) is -4.70. The highest BCUT2D eigenvalue weighted by molar-refractivity contribution is 6.07. The Balaban J connectivity index is 1.68. The zero-order chi connectivity index (χ0) is 24.6. The molecule has 10 heteroatoms. The molecule has 0 spiro atoms. The van der Waals surface area contributed by atoms with Gasteiger partial charge < -0.3 is 15.3 Å². The second kappa shape index (κ2) is 8.86. The number of aliphatic hydroxyl groups excluding tert-OH is 1. The maximum Gasteiger partial charge on any atom is 0.416 e. The van der Waals surface area contributed by atoms with Crippen LogP contribution in [0.2, 0.25) is 0 Å². The van der Waals surface area contributed by atoms with Crippen molar-refractivity contribution in [2.45, 2.75) is 26.1 Å². The van der Waals surface area contributed by atoms with E-state index in [1.165, 1.54) is 6.07 Å². The summed E-state index contributed by atoms with van der Waals surface area (Å²) >= 11 is 0. The summed E-state index contributed by atoms with van der Waals surface area (Å²) in [5.74, 6) is -2.01. The maximum absolute atomic E-state index is 15.0. The highest BCUT2D eigenvalue weighted by Crippen LogP contribution is 2.40. The molecule has 3 aromatic rings. The van der Waals surface area contributed by atoms with E-state index in [0.29, 0.717) is 22.4 Å². The summed E-state index contributed by atoms with van der Waals surface area (Å²) in [6.45, 7) is 0.684. The molecule has 1 aromatic heterocycles. The van der Waals surface area contributed by atoms with Crippen LogP contribution in [0.1, 0.15) is 22.4 Å². The average Bonchev–Trinajstić information content (AvgIpc) is 2.88. The van der Waals surface area contributed by atoms with Crippen LogP contribution in [0, 0.1) is 12.9 Å². The minimum Gasteiger partial charge on any atom is -0.392 e. The molecule has 0 saturated heterocycles. The molecule has 2 aromatic carbocycles. The molecular formula is C24H19F4N3O3. The minimum atomic E-state index is -4.51. The van der Waals surface area contributed by atoms with E-state index in [9.17, 15) is 27.9 Å². The van der Waals surface area contributed by atoms with Gasteiger partial charge in [0.1, 0.15) is 6.54 Å². The summed E-state index contributed by atoms with van der Waals surface area (Å²) in [6, 6.07) is 10.2. The van der Waals surface area contributed by atoms with Crippen LogP contribution in [0.25, 0.3) is 11.1 Å². The zero-order valence-corrected chi connectivity index (χ0v) is 17.9. The van der Waals surface area contributed by atoms with Crippen molar-refractivity contribution >= 4 is 23.2 Å². The second-order valence-electron chi connectivity index (χ2n) is 7.83. The highest BCUT2D eigenvalue weighted by atomic mass is 19.4. The number of benzene rings is 2. The molecule has 0 radical (unpaired) electrons. The van der Waals surface area contributed by atoms with Gasteiger partial charge in [0.05, 0.1) is 29.8 Å². The zero-order valence-electron chi connectivity index (χ0n) is 17.9. The molecule has 0 bridgehead atoms. The number of aliphatic hydroxyl groups is 1. The van der Waals surface area contributed by atoms with Gasteiger partial charge in [-0.1, -0.05) is 18.2 Å². The second-order valence-corrected chi connectivity index (χ2v) is 7.83. The number of amides is 2. The quantitative estimate of drug-likeness (QED) is 0.439. The Morgan fingerprint density at radius 1 is 1.18 bits per heavy atom. The summed E-state index contributed by atoms with van der Waals surface area (Å²) < 4.78 is 53.3. The molecule has 34 heavy (non-hydrogen) atoms. The molecule has 2 N–H and O–H groups in total. The molecule has 2 heterocycles. The number of aromatic nitrogens is 1. The maximum atomic E-state index is 15.0. The normalized spacial score (nSPS) is 13.2. The van der Waals surface area contributed by atoms with E-state index in [-0.39, 0.29) is 30.0 Å². The summed E-state index contributed by atoms with van der Waals surface area (Å²) in [4.78, 5) is 30.9. The fourth-order valence-corrected chi connectivity index (χ4v) is 3.95. The van der Waals surface area contributed by atoms with Gasteiger partial charge in [0.15, 0.2) is 0 Å². The van der Waals surface area contributed by atoms with Crippen molar-refractivity contribution in [2.75, 3.05) is 16.8 Å². The Kier molecular flexibility index (Phi) is 6.09. The fourth-order valence-electron chi connectivity index (χ4n) is 3.95. The van der Waals surface area contributed by atoms with Gasteiger partial charge in [-0.2, -0.15) is 17.6 Å². The predicted octanol–water partition coefficient (Wildman–Crippen LogP) is 4.24. The van der Waals surface area contributed by atoms with Gasteiger partial charge >= 0.3 is 6.18 Å². The van der Waals surface area contributed by atoms with Crippen LogP contribution in [0.3, 0.4) is 0 Å². The van der Waals surface area contributed by atoms with E-state index in [2.05, 4.69) is 10.3 Å². The van der Waals surface area contributed by atoms with Crippen molar-refractivity contribution in [1.29, 1.82) is 0 Å². The smallest absolute Gasteiger partial charge is 0.392 e. The van der Waals surface area contributed by atoms with Crippen molar-refractivity contribution < 1.29 is 32.3 Å². The Morgan fingerprint density at radius 2 is 1.88 bits per heavy atom. The van der Waals surface area contributed by atoms with Crippen LogP contribution in [0.5, 0.6) is 0 Å². The molecule has 0 saturated carbocycles. The molecule has 0 fully saturated rings. The van der Waals surface area contributed by atoms with Crippen LogP contribution in [-0.2, 0) is 28.8 Å². The highest BCUT2D eigenvalue weighted by Gasteiger charge is 2.32. The Morgan fingerprint density at radius 3 is 2.53 bits per heavy atom. The number of halogens is 4. The number of pyridine rings is 1. The third-order valence-electron chi connectivity index (χ3n) is 5.51. The van der Waals surface area contributed by atoms with Crippen molar-refractivity contribution in [3.05, 3.63) is 76.9 Å². The van der Waals surface area contributed by atoms with Gasteiger partial charge in [-0.25, -0.2) is 4.98 Å². The molecule has 1 aliphatic rings. The van der Waals surface area contributed by atoms with Crippen molar-refractivity contribution in [2.24, 2.45) is 0 Å². The lowest BCUT2D eigenvalue weighted by molar-refractivity contribution is -0.137. The van der Waals surface area contributed by atoms with Gasteiger partial charge in [0.2, 0.25) is 17.8 Å². The first kappa shape index (κ1) is 23.4. The molecule has 2 amide bonds. The van der Waals surface area contributed by atoms with E-state index < -0.39 is 36.0 Å². The number of carbonyl (C=O) groups is 2. The van der Waals surface area contributed by atoms with Gasteiger partial charge in [0.25, 0.3) is 0 Å². The summed E-state index contributed by atoms with van der Waals surface area (Å²) in [7, 11) is 0. The van der Waals surface area contributed by atoms with Crippen molar-refractivity contribution in [3.8, 4) is 11.1 Å². The number of hydrogen-bond donors (Lipinski definition) is 2. The van der Waals surface area contributed by atoms with E-state index in [1.54, 1.807) is 25.1 Å². The number of fused-ring (bicyclic) bond motifs is 3. The Hall–Kier alpha value is -3.79. The first-order valence-corrected chi connectivity index (χ1v) is 10.2. The predicted molar refractivity (Wildman–Crippen MR) is 116 cm³/mol. The number of rotatable bonds is 4. The van der Waals surface area contributed by atoms with Crippen LogP contribution in [-0.4, -0.2) is 28.4 Å². The third kappa shape index (κ3) is 4.49. The first-order valence-electron chi connectivity index (χ1n) is 10.2. The standard InChI is InChI=1S/C24H19F4N3O3/c1-13-9-19-22(23(25)29-13)17-4-2-3-14(12-32)18(17)10-21(34)31(19)11-20(33)30-16-7-5-15(6-8-16)24(26,27)28/h2-9,32H,10-12H2,1H3,(H,30,33). The van der Waals surface area contributed by atoms with Gasteiger partial charge in [-0.3, -0.25) is 9.59 Å². The molecule has 0 unspecified atom stereocenters. The molecule has 0 atom stereocenters. The van der Waals surface area contributed by atoms with Gasteiger partial charge in [-0.15, -0.1) is 0 Å². The van der Waals surface area contributed by atoms with E-state index in [0.717, 1.165) is 29.2 Å². The fraction of sp³-hybridized carbons (Fsp3) is 0.208. The number of nitrogens with one attached hydrogen (secondary N) is 1. The number of alkyl halides is 3. The molecule has 176 valence electrons. The third-order valence-corrected chi connectivity index (χ3v) is 5.51. The van der Waals surface area contributed by atoms with Crippen LogP contribution < -0.4 is 10.2 Å². The topological polar surface area (TPSA) is 82.5 Å². The molecule has 4 rings (SSSR count). The van der Waals surface area contributed by atoms with Crippen LogP contribution >= 0.6 is 0 Å². The Labute approximate surface area is 191 Å². The van der Waals surface area contributed by atoms with Gasteiger partial charge in [0, 0.05) is 11.4 Å². The Bertz CT molecular complexity index is 1270. The molecule has 0 aliphatic carbocycles. The van der Waals surface area contributed by atoms with Crippen molar-refractivity contribution in [3.63, 3.8) is 0 Å². The number of aryl methyl sites for hydroxylation is 1. The molecule has 6 nitrogen and oxygen atoms in total. The first-order chi connectivity index (χ1) is 16.1. The van der Waals surface area contributed by atoms with Gasteiger partial charge in [-0.05, 0) is 53.9 Å². The van der Waals surface area contributed by atoms with E-state index in [4.69, 9.17) is 0 Å². The number of nitrogens with zero attached hydrogens (tertiary/aromatic N) is 2. The van der Waals surface area contributed by atoms with E-state index in [1.807, 2.05) is 0 Å². The largest absolute Gasteiger partial charge is 0.416 e. The number of carbonyl (C=O) groups excluding carboxylic acids is 2. The lowest BCUT2D eigenvalue weighted by Crippen LogP contribution is -2.39. The lowest BCUT2D eigenvalue weighted by Gasteiger charge is -2.23. The van der Waals surface area contributed by atoms with Crippen LogP contribution in [0.4, 0.5) is 28.9 Å². The summed E-state index contributed by atoms with van der Waals surface area (Å²) in [5.41, 5.74) is 1.00. The SMILES string of the molecule is Cc1cc2c(c(F)n1)-c1cccc(CO)c1CC(=O)N2CC(=O)Nc1ccc(C(F)(F)F)cc1. The monoisotopic (exact) mass is 473 g/mol. The summed E-state index contributed by atoms with van der Waals surface area (Å²) in [5, 5.41) is 12.2. The van der Waals surface area contributed by atoms with Crippen molar-refractivity contribution in [1.82, 2.24) is 4.98 Å². The number of anilines is 2. The van der Waals surface area contributed by atoms with E-state index >= 15 is 4.39 Å². The minimum absolute atomic E-state index is 0.0316. The average molecular weight is 473 g/mol. The molecular weight excluding hydrogens is 454 g/mol. The molecule has 1 aliphatic heterocycles. The number of hydrogen-bond acceptors (Lipinski definition) is 4.